The van der Waals surface area contributed by atoms with E-state index in [2.05, 4.69) is 32.2 Å². The average molecular weight is 235 g/mol. The second kappa shape index (κ2) is 5.26. The smallest absolute Gasteiger partial charge is 0.120 e. The van der Waals surface area contributed by atoms with Gasteiger partial charge in [0.2, 0.25) is 0 Å². The van der Waals surface area contributed by atoms with Gasteiger partial charge in [0.25, 0.3) is 0 Å². The van der Waals surface area contributed by atoms with Gasteiger partial charge in [-0.05, 0) is 57.1 Å². The molecule has 17 heavy (non-hydrogen) atoms. The van der Waals surface area contributed by atoms with Crippen LogP contribution in [0.1, 0.15) is 57.6 Å². The van der Waals surface area contributed by atoms with E-state index in [0.29, 0.717) is 12.1 Å². The lowest BCUT2D eigenvalue weighted by Gasteiger charge is -2.34. The van der Waals surface area contributed by atoms with Crippen LogP contribution in [0.15, 0.2) is 16.5 Å². The Balaban J connectivity index is 1.92. The van der Waals surface area contributed by atoms with Crippen LogP contribution in [-0.4, -0.2) is 6.04 Å². The second-order valence-corrected chi connectivity index (χ2v) is 5.84. The maximum Gasteiger partial charge on any atom is 0.120 e. The Kier molecular flexibility index (Phi) is 3.93. The molecule has 1 aliphatic rings. The van der Waals surface area contributed by atoms with Crippen molar-refractivity contribution in [2.24, 2.45) is 11.8 Å². The van der Waals surface area contributed by atoms with Crippen LogP contribution < -0.4 is 5.32 Å². The van der Waals surface area contributed by atoms with Crippen molar-refractivity contribution >= 4 is 0 Å². The lowest BCUT2D eigenvalue weighted by atomic mass is 9.79. The lowest BCUT2D eigenvalue weighted by molar-refractivity contribution is 0.210. The van der Waals surface area contributed by atoms with Gasteiger partial charge in [-0.2, -0.15) is 0 Å². The van der Waals surface area contributed by atoms with Gasteiger partial charge in [-0.3, -0.25) is 0 Å². The van der Waals surface area contributed by atoms with E-state index >= 15 is 0 Å². The van der Waals surface area contributed by atoms with Crippen molar-refractivity contribution in [3.05, 3.63) is 23.7 Å². The molecule has 2 rings (SSSR count). The molecule has 1 aromatic rings. The maximum atomic E-state index is 5.68. The first-order valence-electron chi connectivity index (χ1n) is 6.88. The third kappa shape index (κ3) is 3.12. The number of furan rings is 1. The summed E-state index contributed by atoms with van der Waals surface area (Å²) in [4.78, 5) is 0. The molecule has 0 aromatic carbocycles. The van der Waals surface area contributed by atoms with Crippen molar-refractivity contribution < 1.29 is 4.42 Å². The van der Waals surface area contributed by atoms with Gasteiger partial charge in [-0.1, -0.05) is 13.8 Å². The fourth-order valence-corrected chi connectivity index (χ4v) is 3.00. The summed E-state index contributed by atoms with van der Waals surface area (Å²) in [5.74, 6) is 3.73. The first kappa shape index (κ1) is 12.7. The van der Waals surface area contributed by atoms with E-state index in [9.17, 15) is 0 Å². The van der Waals surface area contributed by atoms with Crippen molar-refractivity contribution in [1.29, 1.82) is 0 Å². The fourth-order valence-electron chi connectivity index (χ4n) is 3.00. The van der Waals surface area contributed by atoms with Gasteiger partial charge in [0.05, 0.1) is 6.04 Å². The first-order chi connectivity index (χ1) is 8.06. The summed E-state index contributed by atoms with van der Waals surface area (Å²) in [7, 11) is 0. The summed E-state index contributed by atoms with van der Waals surface area (Å²) in [6.07, 6.45) is 4.00. The SMILES string of the molecule is Cc1ccc(C(C)NC2CCC(C)CC2C)o1. The summed E-state index contributed by atoms with van der Waals surface area (Å²) < 4.78 is 5.68. The summed E-state index contributed by atoms with van der Waals surface area (Å²) >= 11 is 0. The van der Waals surface area contributed by atoms with Crippen molar-refractivity contribution in [2.45, 2.75) is 59.0 Å². The Labute approximate surface area is 105 Å². The molecule has 0 aliphatic heterocycles. The molecule has 96 valence electrons. The maximum absolute atomic E-state index is 5.68. The van der Waals surface area contributed by atoms with E-state index in [0.717, 1.165) is 23.4 Å². The Morgan fingerprint density at radius 1 is 1.29 bits per heavy atom. The molecule has 0 bridgehead atoms. The minimum atomic E-state index is 0.324. The summed E-state index contributed by atoms with van der Waals surface area (Å²) in [6.45, 7) is 8.93. The minimum absolute atomic E-state index is 0.324. The fraction of sp³-hybridized carbons (Fsp3) is 0.733. The van der Waals surface area contributed by atoms with Gasteiger partial charge in [0.15, 0.2) is 0 Å². The van der Waals surface area contributed by atoms with E-state index in [4.69, 9.17) is 4.42 Å². The van der Waals surface area contributed by atoms with Gasteiger partial charge >= 0.3 is 0 Å². The molecule has 4 unspecified atom stereocenters. The van der Waals surface area contributed by atoms with Crippen LogP contribution in [0.5, 0.6) is 0 Å². The predicted octanol–water partition coefficient (Wildman–Crippen LogP) is 4.06. The summed E-state index contributed by atoms with van der Waals surface area (Å²) in [5.41, 5.74) is 0. The van der Waals surface area contributed by atoms with E-state index in [1.165, 1.54) is 19.3 Å². The van der Waals surface area contributed by atoms with Gasteiger partial charge < -0.3 is 9.73 Å². The Bertz CT molecular complexity index is 358. The predicted molar refractivity (Wildman–Crippen MR) is 71.0 cm³/mol. The summed E-state index contributed by atoms with van der Waals surface area (Å²) in [6, 6.07) is 5.10. The molecule has 0 amide bonds. The van der Waals surface area contributed by atoms with Crippen LogP contribution in [0, 0.1) is 18.8 Å². The zero-order chi connectivity index (χ0) is 12.4. The van der Waals surface area contributed by atoms with Gasteiger partial charge in [-0.25, -0.2) is 0 Å². The van der Waals surface area contributed by atoms with Crippen molar-refractivity contribution in [2.75, 3.05) is 0 Å². The molecule has 0 saturated heterocycles. The zero-order valence-electron chi connectivity index (χ0n) is 11.5. The van der Waals surface area contributed by atoms with Crippen molar-refractivity contribution in [3.8, 4) is 0 Å². The van der Waals surface area contributed by atoms with Crippen LogP contribution in [-0.2, 0) is 0 Å². The molecule has 1 fully saturated rings. The molecular formula is C15H25NO. The van der Waals surface area contributed by atoms with Gasteiger partial charge in [0.1, 0.15) is 11.5 Å². The van der Waals surface area contributed by atoms with Crippen LogP contribution in [0.4, 0.5) is 0 Å². The highest BCUT2D eigenvalue weighted by molar-refractivity contribution is 5.09. The minimum Gasteiger partial charge on any atom is -0.465 e. The molecule has 1 aliphatic carbocycles. The monoisotopic (exact) mass is 235 g/mol. The lowest BCUT2D eigenvalue weighted by Crippen LogP contribution is -2.40. The zero-order valence-corrected chi connectivity index (χ0v) is 11.5. The highest BCUT2D eigenvalue weighted by Gasteiger charge is 2.26. The molecular weight excluding hydrogens is 210 g/mol. The van der Waals surface area contributed by atoms with Crippen molar-refractivity contribution in [3.63, 3.8) is 0 Å². The molecule has 2 heteroatoms. The van der Waals surface area contributed by atoms with E-state index < -0.39 is 0 Å². The molecule has 0 spiro atoms. The second-order valence-electron chi connectivity index (χ2n) is 5.84. The van der Waals surface area contributed by atoms with E-state index in [-0.39, 0.29) is 0 Å². The third-order valence-electron chi connectivity index (χ3n) is 4.08. The average Bonchev–Trinajstić information content (AvgIpc) is 2.69. The normalized spacial score (nSPS) is 31.4. The Morgan fingerprint density at radius 3 is 2.65 bits per heavy atom. The van der Waals surface area contributed by atoms with Gasteiger partial charge in [-0.15, -0.1) is 0 Å². The largest absolute Gasteiger partial charge is 0.465 e. The number of rotatable bonds is 3. The van der Waals surface area contributed by atoms with Crippen LogP contribution in [0.25, 0.3) is 0 Å². The number of aryl methyl sites for hydroxylation is 1. The third-order valence-corrected chi connectivity index (χ3v) is 4.08. The van der Waals surface area contributed by atoms with Crippen molar-refractivity contribution in [1.82, 2.24) is 5.32 Å². The molecule has 0 radical (unpaired) electrons. The van der Waals surface area contributed by atoms with Gasteiger partial charge in [0, 0.05) is 6.04 Å². The highest BCUT2D eigenvalue weighted by atomic mass is 16.3. The van der Waals surface area contributed by atoms with Crippen LogP contribution in [0.3, 0.4) is 0 Å². The highest BCUT2D eigenvalue weighted by Crippen LogP contribution is 2.30. The summed E-state index contributed by atoms with van der Waals surface area (Å²) in [5, 5.41) is 3.72. The van der Waals surface area contributed by atoms with Crippen LogP contribution in [0.2, 0.25) is 0 Å². The molecule has 4 atom stereocenters. The molecule has 1 N–H and O–H groups in total. The molecule has 1 saturated carbocycles. The topological polar surface area (TPSA) is 25.2 Å². The molecule has 2 nitrogen and oxygen atoms in total. The number of hydrogen-bond acceptors (Lipinski definition) is 2. The standard InChI is InChI=1S/C15H25NO/c1-10-5-7-14(11(2)9-10)16-13(4)15-8-6-12(3)17-15/h6,8,10-11,13-14,16H,5,7,9H2,1-4H3. The van der Waals surface area contributed by atoms with E-state index in [1.54, 1.807) is 0 Å². The quantitative estimate of drug-likeness (QED) is 0.854. The first-order valence-corrected chi connectivity index (χ1v) is 6.88. The Hall–Kier alpha value is -0.760. The molecule has 1 aromatic heterocycles. The van der Waals surface area contributed by atoms with Crippen LogP contribution >= 0.6 is 0 Å². The number of nitrogens with one attached hydrogen (secondary N) is 1. The Morgan fingerprint density at radius 2 is 2.06 bits per heavy atom. The van der Waals surface area contributed by atoms with E-state index in [1.807, 2.05) is 13.0 Å². The number of hydrogen-bond donors (Lipinski definition) is 1. The molecule has 1 heterocycles.